The molecule has 1 rings (SSSR count). The molecule has 1 aromatic rings. The van der Waals surface area contributed by atoms with Gasteiger partial charge in [-0.1, -0.05) is 130 Å². The van der Waals surface area contributed by atoms with Gasteiger partial charge in [0.15, 0.2) is 0 Å². The number of benzene rings is 1. The molecule has 1 aromatic carbocycles. The van der Waals surface area contributed by atoms with Gasteiger partial charge in [0, 0.05) is 14.2 Å². The van der Waals surface area contributed by atoms with Gasteiger partial charge in [-0.15, -0.1) is 0 Å². The van der Waals surface area contributed by atoms with Crippen molar-refractivity contribution in [3.63, 3.8) is 0 Å². The third-order valence-electron chi connectivity index (χ3n) is 2.10. The Balaban J connectivity index is -0.0000000139. The van der Waals surface area contributed by atoms with E-state index >= 15 is 0 Å². The van der Waals surface area contributed by atoms with Gasteiger partial charge in [-0.25, -0.2) is 0 Å². The molecule has 0 saturated carbocycles. The Morgan fingerprint density at radius 1 is 0.500 bits per heavy atom. The first-order valence-electron chi connectivity index (χ1n) is 9.23. The molecule has 230 valence electrons. The summed E-state index contributed by atoms with van der Waals surface area (Å²) in [5.74, 6) is 0. The van der Waals surface area contributed by atoms with E-state index in [1.807, 2.05) is 76.9 Å². The Bertz CT molecular complexity index is 213. The van der Waals surface area contributed by atoms with Crippen LogP contribution in [-0.4, -0.2) is 53.9 Å². The van der Waals surface area contributed by atoms with E-state index in [1.165, 1.54) is 0 Å². The first-order valence-corrected chi connectivity index (χ1v) is 9.23. The summed E-state index contributed by atoms with van der Waals surface area (Å²) in [7, 11) is 3.33. The molecule has 36 heavy (non-hydrogen) atoms. The predicted octanol–water partition coefficient (Wildman–Crippen LogP) is 11.0. The van der Waals surface area contributed by atoms with E-state index in [4.69, 9.17) is 18.9 Å². The minimum atomic E-state index is 0. The minimum absolute atomic E-state index is 0. The number of rotatable bonds is 10. The van der Waals surface area contributed by atoms with Crippen LogP contribution in [0.2, 0.25) is 0 Å². The molecule has 0 aromatic heterocycles. The normalized spacial score (nSPS) is 6.00. The van der Waals surface area contributed by atoms with Crippen LogP contribution in [0.3, 0.4) is 0 Å². The SMILES string of the molecule is C.C.C.C.C.C.C.C.C.CC.C[CH-]COCCOC.C[CH-]COCCOC.[CH2-]C.[Y+3].c1ccccc1. The monoisotopic (exact) mass is 605 g/mol. The van der Waals surface area contributed by atoms with Crippen molar-refractivity contribution in [1.82, 2.24) is 0 Å². The van der Waals surface area contributed by atoms with Crippen LogP contribution >= 0.6 is 0 Å². The largest absolute Gasteiger partial charge is 3.00 e. The summed E-state index contributed by atoms with van der Waals surface area (Å²) in [5, 5.41) is 0. The molecule has 0 aliphatic carbocycles. The second-order valence-corrected chi connectivity index (χ2v) is 4.11. The van der Waals surface area contributed by atoms with Gasteiger partial charge in [0.25, 0.3) is 0 Å². The van der Waals surface area contributed by atoms with Gasteiger partial charge in [-0.05, 0) is 0 Å². The maximum Gasteiger partial charge on any atom is 3.00 e. The Morgan fingerprint density at radius 2 is 0.694 bits per heavy atom. The van der Waals surface area contributed by atoms with Crippen LogP contribution in [0.5, 0.6) is 0 Å². The number of hydrogen-bond acceptors (Lipinski definition) is 4. The maximum atomic E-state index is 5.04. The van der Waals surface area contributed by atoms with Crippen molar-refractivity contribution in [2.24, 2.45) is 0 Å². The van der Waals surface area contributed by atoms with Crippen molar-refractivity contribution in [3.05, 3.63) is 56.2 Å². The molecule has 0 spiro atoms. The second-order valence-electron chi connectivity index (χ2n) is 4.11. The average Bonchev–Trinajstić information content (AvgIpc) is 2.74. The smallest absolute Gasteiger partial charge is 0.411 e. The van der Waals surface area contributed by atoms with Crippen LogP contribution in [-0.2, 0) is 51.7 Å². The minimum Gasteiger partial charge on any atom is -0.411 e. The molecule has 0 saturated heterocycles. The molecule has 0 N–H and O–H groups in total. The zero-order valence-electron chi connectivity index (χ0n) is 18.8. The fraction of sp³-hybridized carbons (Fsp3) is 0.710. The van der Waals surface area contributed by atoms with Crippen LogP contribution in [0, 0.1) is 19.8 Å². The summed E-state index contributed by atoms with van der Waals surface area (Å²) in [6.07, 6.45) is 3.94. The Morgan fingerprint density at radius 3 is 0.833 bits per heavy atom. The second kappa shape index (κ2) is 124. The van der Waals surface area contributed by atoms with E-state index in [0.29, 0.717) is 26.4 Å². The standard InChI is InChI=1S/2C6H13O2.C6H6.C2H6.C2H5.9CH4.Y/c2*1-3-4-8-6-5-7-2;1-2-4-6-5-3-1;2*1-2;;;;;;;;;;/h2*3H,4-6H2,1-2H3;1-6H;1-2H3;1H2,2H3;9*1H4;/q2*-1;;;-1;;;;;;;;;;+3. The van der Waals surface area contributed by atoms with Crippen LogP contribution < -0.4 is 0 Å². The van der Waals surface area contributed by atoms with Crippen molar-refractivity contribution < 1.29 is 51.7 Å². The third-order valence-corrected chi connectivity index (χ3v) is 2.10. The third kappa shape index (κ3) is 144. The summed E-state index contributed by atoms with van der Waals surface area (Å²) in [4.78, 5) is 0. The zero-order valence-corrected chi connectivity index (χ0v) is 21.6. The fourth-order valence-electron chi connectivity index (χ4n) is 1.07. The number of methoxy groups -OCH3 is 2. The van der Waals surface area contributed by atoms with Gasteiger partial charge < -0.3 is 38.7 Å². The van der Waals surface area contributed by atoms with Crippen LogP contribution in [0.15, 0.2) is 36.4 Å². The molecule has 0 heterocycles. The molecule has 0 bridgehead atoms. The van der Waals surface area contributed by atoms with Crippen molar-refractivity contribution >= 4 is 0 Å². The van der Waals surface area contributed by atoms with Crippen LogP contribution in [0.4, 0.5) is 0 Å². The molecular formula is C31H79O4Y. The van der Waals surface area contributed by atoms with Crippen LogP contribution in [0.25, 0.3) is 0 Å². The average molecular weight is 605 g/mol. The van der Waals surface area contributed by atoms with Gasteiger partial charge in [-0.3, -0.25) is 0 Å². The predicted molar refractivity (Wildman–Crippen MR) is 175 cm³/mol. The summed E-state index contributed by atoms with van der Waals surface area (Å²) in [6, 6.07) is 12.0. The van der Waals surface area contributed by atoms with Gasteiger partial charge in [0.05, 0.1) is 26.4 Å². The molecule has 0 aliphatic rings. The first-order chi connectivity index (χ1) is 12.8. The van der Waals surface area contributed by atoms with Gasteiger partial charge in [-0.2, -0.15) is 20.8 Å². The van der Waals surface area contributed by atoms with Crippen molar-refractivity contribution in [3.8, 4) is 0 Å². The van der Waals surface area contributed by atoms with Gasteiger partial charge >= 0.3 is 32.7 Å². The van der Waals surface area contributed by atoms with E-state index in [-0.39, 0.29) is 99.5 Å². The Hall–Kier alpha value is 0.164. The first kappa shape index (κ1) is 91.0. The molecule has 0 fully saturated rings. The van der Waals surface area contributed by atoms with E-state index < -0.39 is 0 Å². The van der Waals surface area contributed by atoms with Crippen molar-refractivity contribution in [2.75, 3.05) is 53.9 Å². The number of hydrogen-bond donors (Lipinski definition) is 0. The van der Waals surface area contributed by atoms with E-state index in [0.717, 1.165) is 13.2 Å². The molecule has 0 amide bonds. The van der Waals surface area contributed by atoms with Crippen LogP contribution in [0.1, 0.15) is 101 Å². The van der Waals surface area contributed by atoms with E-state index in [2.05, 4.69) is 6.92 Å². The maximum absolute atomic E-state index is 5.04. The topological polar surface area (TPSA) is 36.9 Å². The molecule has 0 atom stereocenters. The van der Waals surface area contributed by atoms with E-state index in [1.54, 1.807) is 21.1 Å². The molecule has 0 unspecified atom stereocenters. The Labute approximate surface area is 261 Å². The molecule has 4 nitrogen and oxygen atoms in total. The summed E-state index contributed by atoms with van der Waals surface area (Å²) < 4.78 is 19.6. The van der Waals surface area contributed by atoms with E-state index in [9.17, 15) is 0 Å². The molecular weight excluding hydrogens is 525 g/mol. The summed E-state index contributed by atoms with van der Waals surface area (Å²) in [6.45, 7) is 17.1. The fourth-order valence-corrected chi connectivity index (χ4v) is 1.07. The Kier molecular flexibility index (Phi) is 315. The van der Waals surface area contributed by atoms with Gasteiger partial charge in [0.2, 0.25) is 0 Å². The zero-order chi connectivity index (χ0) is 20.7. The summed E-state index contributed by atoms with van der Waals surface area (Å²) >= 11 is 0. The van der Waals surface area contributed by atoms with Crippen molar-refractivity contribution in [1.29, 1.82) is 0 Å². The molecule has 0 aliphatic heterocycles. The summed E-state index contributed by atoms with van der Waals surface area (Å²) in [5.41, 5.74) is 0. The van der Waals surface area contributed by atoms with Crippen molar-refractivity contribution in [2.45, 2.75) is 101 Å². The molecule has 5 heteroatoms. The number of ether oxygens (including phenoxy) is 4. The van der Waals surface area contributed by atoms with Gasteiger partial charge in [0.1, 0.15) is 0 Å². The quantitative estimate of drug-likeness (QED) is 0.197. The molecule has 0 radical (unpaired) electrons.